The number of carbonyl (C=O) groups excluding carboxylic acids is 1. The van der Waals surface area contributed by atoms with E-state index in [0.717, 1.165) is 0 Å². The van der Waals surface area contributed by atoms with Crippen LogP contribution in [0.5, 0.6) is 0 Å². The zero-order valence-corrected chi connectivity index (χ0v) is 12.4. The van der Waals surface area contributed by atoms with Crippen molar-refractivity contribution in [1.29, 1.82) is 0 Å². The second kappa shape index (κ2) is 16.3. The highest BCUT2D eigenvalue weighted by Gasteiger charge is 2.00. The fraction of sp³-hybridized carbons (Fsp3) is 0.923. The summed E-state index contributed by atoms with van der Waals surface area (Å²) >= 11 is 0. The van der Waals surface area contributed by atoms with Gasteiger partial charge in [-0.05, 0) is 6.92 Å². The SMILES string of the molecule is CCOC(=O)COCCOCCOCCOCCOC. The Hall–Kier alpha value is -0.730. The Morgan fingerprint density at radius 3 is 1.65 bits per heavy atom. The van der Waals surface area contributed by atoms with Gasteiger partial charge in [0.1, 0.15) is 6.61 Å². The highest BCUT2D eigenvalue weighted by atomic mass is 16.6. The summed E-state index contributed by atoms with van der Waals surface area (Å²) in [4.78, 5) is 10.9. The molecule has 0 aromatic rings. The number of esters is 1. The lowest BCUT2D eigenvalue weighted by molar-refractivity contribution is -0.149. The number of methoxy groups -OCH3 is 1. The molecule has 0 aromatic heterocycles. The molecule has 0 spiro atoms. The maximum absolute atomic E-state index is 10.9. The Morgan fingerprint density at radius 2 is 1.20 bits per heavy atom. The zero-order valence-electron chi connectivity index (χ0n) is 12.4. The number of hydrogen-bond acceptors (Lipinski definition) is 7. The minimum absolute atomic E-state index is 0.0352. The van der Waals surface area contributed by atoms with Crippen LogP contribution in [0.3, 0.4) is 0 Å². The van der Waals surface area contributed by atoms with Gasteiger partial charge < -0.3 is 28.4 Å². The molecule has 7 heteroatoms. The minimum Gasteiger partial charge on any atom is -0.464 e. The van der Waals surface area contributed by atoms with E-state index in [2.05, 4.69) is 0 Å². The van der Waals surface area contributed by atoms with E-state index < -0.39 is 0 Å². The quantitative estimate of drug-likeness (QED) is 0.317. The minimum atomic E-state index is -0.357. The Morgan fingerprint density at radius 1 is 0.750 bits per heavy atom. The van der Waals surface area contributed by atoms with E-state index in [0.29, 0.717) is 59.5 Å². The normalized spacial score (nSPS) is 10.7. The van der Waals surface area contributed by atoms with Crippen molar-refractivity contribution in [3.63, 3.8) is 0 Å². The van der Waals surface area contributed by atoms with Crippen LogP contribution in [-0.2, 0) is 33.2 Å². The second-order valence-electron chi connectivity index (χ2n) is 3.69. The van der Waals surface area contributed by atoms with E-state index in [-0.39, 0.29) is 12.6 Å². The summed E-state index contributed by atoms with van der Waals surface area (Å²) in [5, 5.41) is 0. The Bertz CT molecular complexity index is 211. The first-order chi connectivity index (χ1) is 9.81. The monoisotopic (exact) mass is 294 g/mol. The summed E-state index contributed by atoms with van der Waals surface area (Å²) in [6.45, 7) is 6.11. The summed E-state index contributed by atoms with van der Waals surface area (Å²) in [7, 11) is 1.63. The standard InChI is InChI=1S/C13H26O7/c1-3-20-13(14)12-19-11-10-18-9-8-17-7-6-16-5-4-15-2/h3-12H2,1-2H3. The van der Waals surface area contributed by atoms with E-state index >= 15 is 0 Å². The number of hydrogen-bond donors (Lipinski definition) is 0. The van der Waals surface area contributed by atoms with Crippen LogP contribution in [0.15, 0.2) is 0 Å². The van der Waals surface area contributed by atoms with E-state index in [4.69, 9.17) is 28.4 Å². The van der Waals surface area contributed by atoms with Crippen LogP contribution in [0.1, 0.15) is 6.92 Å². The molecule has 0 saturated carbocycles. The first-order valence-corrected chi connectivity index (χ1v) is 6.76. The first kappa shape index (κ1) is 19.3. The van der Waals surface area contributed by atoms with Crippen LogP contribution in [0.25, 0.3) is 0 Å². The molecule has 0 radical (unpaired) electrons. The number of ether oxygens (including phenoxy) is 6. The molecule has 0 amide bonds. The molecule has 0 aromatic carbocycles. The van der Waals surface area contributed by atoms with Crippen LogP contribution in [0, 0.1) is 0 Å². The van der Waals surface area contributed by atoms with E-state index in [1.807, 2.05) is 0 Å². The highest BCUT2D eigenvalue weighted by Crippen LogP contribution is 1.84. The maximum atomic E-state index is 10.9. The lowest BCUT2D eigenvalue weighted by Crippen LogP contribution is -2.16. The molecule has 0 atom stereocenters. The summed E-state index contributed by atoms with van der Waals surface area (Å²) in [5.41, 5.74) is 0. The van der Waals surface area contributed by atoms with Crippen LogP contribution < -0.4 is 0 Å². The maximum Gasteiger partial charge on any atom is 0.332 e. The second-order valence-corrected chi connectivity index (χ2v) is 3.69. The van der Waals surface area contributed by atoms with Gasteiger partial charge in [0.05, 0.1) is 59.5 Å². The average molecular weight is 294 g/mol. The highest BCUT2D eigenvalue weighted by molar-refractivity contribution is 5.70. The van der Waals surface area contributed by atoms with Crippen LogP contribution in [0.2, 0.25) is 0 Å². The predicted octanol–water partition coefficient (Wildman–Crippen LogP) is 0.262. The molecule has 0 saturated heterocycles. The van der Waals surface area contributed by atoms with Crippen molar-refractivity contribution in [2.75, 3.05) is 73.2 Å². The molecular formula is C13H26O7. The third-order valence-electron chi connectivity index (χ3n) is 2.07. The summed E-state index contributed by atoms with van der Waals surface area (Å²) in [6.07, 6.45) is 0. The average Bonchev–Trinajstić information content (AvgIpc) is 2.44. The Balaban J connectivity index is 3.01. The van der Waals surface area contributed by atoms with Gasteiger partial charge in [-0.2, -0.15) is 0 Å². The molecule has 0 unspecified atom stereocenters. The van der Waals surface area contributed by atoms with Gasteiger partial charge in [0.15, 0.2) is 0 Å². The smallest absolute Gasteiger partial charge is 0.332 e. The van der Waals surface area contributed by atoms with Gasteiger partial charge in [0.2, 0.25) is 0 Å². The topological polar surface area (TPSA) is 72.5 Å². The van der Waals surface area contributed by atoms with Gasteiger partial charge in [-0.25, -0.2) is 4.79 Å². The Labute approximate surface area is 120 Å². The van der Waals surface area contributed by atoms with Gasteiger partial charge in [-0.15, -0.1) is 0 Å². The molecule has 7 nitrogen and oxygen atoms in total. The van der Waals surface area contributed by atoms with E-state index in [9.17, 15) is 4.79 Å². The molecule has 0 aliphatic rings. The third-order valence-corrected chi connectivity index (χ3v) is 2.07. The molecule has 0 aliphatic heterocycles. The summed E-state index contributed by atoms with van der Waals surface area (Å²) in [6, 6.07) is 0. The fourth-order valence-electron chi connectivity index (χ4n) is 1.16. The van der Waals surface area contributed by atoms with Gasteiger partial charge in [-0.3, -0.25) is 0 Å². The third kappa shape index (κ3) is 15.3. The molecular weight excluding hydrogens is 268 g/mol. The number of carbonyl (C=O) groups is 1. The number of rotatable bonds is 15. The van der Waals surface area contributed by atoms with Crippen molar-refractivity contribution in [1.82, 2.24) is 0 Å². The lowest BCUT2D eigenvalue weighted by Gasteiger charge is -2.07. The summed E-state index contributed by atoms with van der Waals surface area (Å²) < 4.78 is 30.4. The van der Waals surface area contributed by atoms with Crippen molar-refractivity contribution in [3.05, 3.63) is 0 Å². The van der Waals surface area contributed by atoms with Gasteiger partial charge in [-0.1, -0.05) is 0 Å². The Kier molecular flexibility index (Phi) is 15.7. The molecule has 0 bridgehead atoms. The first-order valence-electron chi connectivity index (χ1n) is 6.76. The van der Waals surface area contributed by atoms with Gasteiger partial charge in [0.25, 0.3) is 0 Å². The lowest BCUT2D eigenvalue weighted by atomic mass is 10.6. The molecule has 0 aliphatic carbocycles. The van der Waals surface area contributed by atoms with Crippen molar-refractivity contribution in [2.24, 2.45) is 0 Å². The van der Waals surface area contributed by atoms with Gasteiger partial charge >= 0.3 is 5.97 Å². The van der Waals surface area contributed by atoms with Gasteiger partial charge in [0, 0.05) is 7.11 Å². The van der Waals surface area contributed by atoms with E-state index in [1.165, 1.54) is 0 Å². The largest absolute Gasteiger partial charge is 0.464 e. The molecule has 0 N–H and O–H groups in total. The predicted molar refractivity (Wildman–Crippen MR) is 71.8 cm³/mol. The van der Waals surface area contributed by atoms with Crippen molar-refractivity contribution < 1.29 is 33.2 Å². The van der Waals surface area contributed by atoms with Crippen LogP contribution >= 0.6 is 0 Å². The van der Waals surface area contributed by atoms with Crippen LogP contribution in [-0.4, -0.2) is 79.1 Å². The molecule has 0 rings (SSSR count). The molecule has 20 heavy (non-hydrogen) atoms. The summed E-state index contributed by atoms with van der Waals surface area (Å²) in [5.74, 6) is -0.357. The van der Waals surface area contributed by atoms with Crippen LogP contribution in [0.4, 0.5) is 0 Å². The molecule has 120 valence electrons. The molecule has 0 heterocycles. The van der Waals surface area contributed by atoms with Crippen molar-refractivity contribution in [3.8, 4) is 0 Å². The zero-order chi connectivity index (χ0) is 14.9. The fourth-order valence-corrected chi connectivity index (χ4v) is 1.16. The van der Waals surface area contributed by atoms with Crippen molar-refractivity contribution in [2.45, 2.75) is 6.92 Å². The van der Waals surface area contributed by atoms with E-state index in [1.54, 1.807) is 14.0 Å². The van der Waals surface area contributed by atoms with Crippen molar-refractivity contribution >= 4 is 5.97 Å². The molecule has 0 fully saturated rings.